The van der Waals surface area contributed by atoms with E-state index in [9.17, 15) is 13.2 Å². The lowest BCUT2D eigenvalue weighted by molar-refractivity contribution is -0.117. The van der Waals surface area contributed by atoms with Gasteiger partial charge in [-0.25, -0.2) is 8.42 Å². The molecule has 1 saturated carbocycles. The fourth-order valence-corrected chi connectivity index (χ4v) is 5.09. The lowest BCUT2D eigenvalue weighted by Crippen LogP contribution is -2.40. The van der Waals surface area contributed by atoms with Crippen molar-refractivity contribution in [2.75, 3.05) is 0 Å². The summed E-state index contributed by atoms with van der Waals surface area (Å²) in [6, 6.07) is 8.20. The molecule has 6 nitrogen and oxygen atoms in total. The van der Waals surface area contributed by atoms with E-state index in [2.05, 4.69) is 10.2 Å². The third-order valence-electron chi connectivity index (χ3n) is 4.59. The third-order valence-corrected chi connectivity index (χ3v) is 7.10. The van der Waals surface area contributed by atoms with Crippen LogP contribution in [-0.2, 0) is 19.4 Å². The van der Waals surface area contributed by atoms with Gasteiger partial charge in [-0.2, -0.15) is 0 Å². The monoisotopic (exact) mass is 334 g/mol. The number of Topliss-reactive ketones (excluding diaryl/α,β-unsaturated/α-hetero) is 1. The molecule has 0 amide bonds. The Labute approximate surface area is 134 Å². The van der Waals surface area contributed by atoms with Crippen LogP contribution in [-0.4, -0.2) is 24.4 Å². The van der Waals surface area contributed by atoms with Gasteiger partial charge in [0.2, 0.25) is 11.8 Å². The van der Waals surface area contributed by atoms with Crippen LogP contribution in [0.3, 0.4) is 0 Å². The van der Waals surface area contributed by atoms with Crippen LogP contribution in [0.15, 0.2) is 39.6 Å². The van der Waals surface area contributed by atoms with Crippen LogP contribution in [0.4, 0.5) is 0 Å². The molecule has 0 aliphatic heterocycles. The molecular weight excluding hydrogens is 316 g/mol. The van der Waals surface area contributed by atoms with Gasteiger partial charge in [0.05, 0.1) is 4.90 Å². The van der Waals surface area contributed by atoms with Gasteiger partial charge in [-0.1, -0.05) is 18.2 Å². The van der Waals surface area contributed by atoms with E-state index in [0.717, 1.165) is 0 Å². The molecule has 7 heteroatoms. The predicted octanol–water partition coefficient (Wildman–Crippen LogP) is 2.44. The normalized spacial score (nSPS) is 21.3. The fraction of sp³-hybridized carbons (Fsp3) is 0.438. The molecule has 0 bridgehead atoms. The Hall–Kier alpha value is -2.02. The van der Waals surface area contributed by atoms with E-state index in [0.29, 0.717) is 18.7 Å². The van der Waals surface area contributed by atoms with Crippen LogP contribution in [0.2, 0.25) is 0 Å². The van der Waals surface area contributed by atoms with Gasteiger partial charge in [0.15, 0.2) is 14.6 Å². The molecule has 3 rings (SSSR count). The average molecular weight is 334 g/mol. The molecule has 1 aromatic heterocycles. The van der Waals surface area contributed by atoms with Crippen molar-refractivity contribution in [2.24, 2.45) is 5.92 Å². The first kappa shape index (κ1) is 15.9. The van der Waals surface area contributed by atoms with Crippen molar-refractivity contribution in [3.8, 4) is 0 Å². The molecule has 122 valence electrons. The second-order valence-corrected chi connectivity index (χ2v) is 8.35. The number of rotatable bonds is 4. The second-order valence-electron chi connectivity index (χ2n) is 6.03. The zero-order valence-corrected chi connectivity index (χ0v) is 13.8. The number of carbonyl (C=O) groups is 1. The first-order valence-corrected chi connectivity index (χ1v) is 8.96. The van der Waals surface area contributed by atoms with Gasteiger partial charge in [-0.05, 0) is 31.4 Å². The van der Waals surface area contributed by atoms with E-state index < -0.39 is 14.6 Å². The van der Waals surface area contributed by atoms with E-state index in [-0.39, 0.29) is 28.9 Å². The Balaban J connectivity index is 2.18. The summed E-state index contributed by atoms with van der Waals surface area (Å²) >= 11 is 0. The van der Waals surface area contributed by atoms with Gasteiger partial charge in [0, 0.05) is 19.8 Å². The molecule has 0 radical (unpaired) electrons. The van der Waals surface area contributed by atoms with Crippen LogP contribution in [0.1, 0.15) is 38.0 Å². The van der Waals surface area contributed by atoms with Crippen molar-refractivity contribution in [1.82, 2.24) is 10.2 Å². The van der Waals surface area contributed by atoms with Crippen molar-refractivity contribution >= 4 is 15.6 Å². The lowest BCUT2D eigenvalue weighted by atomic mass is 9.91. The summed E-state index contributed by atoms with van der Waals surface area (Å²) in [7, 11) is -3.80. The maximum absolute atomic E-state index is 13.3. The van der Waals surface area contributed by atoms with Crippen LogP contribution in [0.25, 0.3) is 0 Å². The Morgan fingerprint density at radius 1 is 1.22 bits per heavy atom. The maximum Gasteiger partial charge on any atom is 0.238 e. The van der Waals surface area contributed by atoms with Gasteiger partial charge in [0.25, 0.3) is 0 Å². The third kappa shape index (κ3) is 2.49. The number of ketones is 1. The molecule has 1 aliphatic carbocycles. The summed E-state index contributed by atoms with van der Waals surface area (Å²) in [5.41, 5.74) is 0. The van der Waals surface area contributed by atoms with E-state index >= 15 is 0 Å². The molecule has 1 aromatic carbocycles. The molecule has 1 heterocycles. The quantitative estimate of drug-likeness (QED) is 0.853. The first-order chi connectivity index (χ1) is 10.9. The van der Waals surface area contributed by atoms with Crippen molar-refractivity contribution in [3.63, 3.8) is 0 Å². The summed E-state index contributed by atoms with van der Waals surface area (Å²) in [5, 5.41) is 7.76. The molecule has 1 aliphatic rings. The SMILES string of the molecule is Cc1nnc(C(C)([C@H]2CCC(=O)C2)S(=O)(=O)c2ccccc2)o1. The van der Waals surface area contributed by atoms with Crippen LogP contribution < -0.4 is 0 Å². The minimum absolute atomic E-state index is 0.0542. The van der Waals surface area contributed by atoms with Gasteiger partial charge in [0.1, 0.15) is 5.78 Å². The summed E-state index contributed by atoms with van der Waals surface area (Å²) < 4.78 is 30.7. The van der Waals surface area contributed by atoms with Crippen molar-refractivity contribution in [3.05, 3.63) is 42.1 Å². The molecular formula is C16H18N2O4S. The zero-order valence-electron chi connectivity index (χ0n) is 13.0. The highest BCUT2D eigenvalue weighted by atomic mass is 32.2. The van der Waals surface area contributed by atoms with Crippen LogP contribution >= 0.6 is 0 Å². The molecule has 0 spiro atoms. The second kappa shape index (κ2) is 5.56. The molecule has 0 saturated heterocycles. The van der Waals surface area contributed by atoms with Gasteiger partial charge in [-0.3, -0.25) is 4.79 Å². The highest BCUT2D eigenvalue weighted by Crippen LogP contribution is 2.46. The van der Waals surface area contributed by atoms with Crippen molar-refractivity contribution in [1.29, 1.82) is 0 Å². The summed E-state index contributed by atoms with van der Waals surface area (Å²) in [5.74, 6) is 0.0538. The molecule has 0 N–H and O–H groups in total. The fourth-order valence-electron chi connectivity index (χ4n) is 3.13. The predicted molar refractivity (Wildman–Crippen MR) is 82.4 cm³/mol. The Morgan fingerprint density at radius 2 is 1.91 bits per heavy atom. The average Bonchev–Trinajstić information content (AvgIpc) is 3.16. The highest BCUT2D eigenvalue weighted by Gasteiger charge is 2.54. The van der Waals surface area contributed by atoms with Crippen molar-refractivity contribution in [2.45, 2.75) is 42.8 Å². The number of hydrogen-bond acceptors (Lipinski definition) is 6. The maximum atomic E-state index is 13.3. The van der Waals surface area contributed by atoms with E-state index in [1.807, 2.05) is 0 Å². The first-order valence-electron chi connectivity index (χ1n) is 7.47. The van der Waals surface area contributed by atoms with Gasteiger partial charge < -0.3 is 4.42 Å². The number of benzene rings is 1. The largest absolute Gasteiger partial charge is 0.424 e. The summed E-state index contributed by atoms with van der Waals surface area (Å²) in [4.78, 5) is 11.9. The number of carbonyl (C=O) groups excluding carboxylic acids is 1. The van der Waals surface area contributed by atoms with Crippen LogP contribution in [0, 0.1) is 12.8 Å². The van der Waals surface area contributed by atoms with E-state index in [1.54, 1.807) is 44.2 Å². The number of aromatic nitrogens is 2. The molecule has 2 atom stereocenters. The molecule has 1 fully saturated rings. The number of sulfone groups is 1. The molecule has 23 heavy (non-hydrogen) atoms. The summed E-state index contributed by atoms with van der Waals surface area (Å²) in [6.07, 6.45) is 1.10. The van der Waals surface area contributed by atoms with E-state index in [4.69, 9.17) is 4.42 Å². The minimum atomic E-state index is -3.80. The Morgan fingerprint density at radius 3 is 2.43 bits per heavy atom. The highest BCUT2D eigenvalue weighted by molar-refractivity contribution is 7.92. The Bertz CT molecular complexity index is 829. The molecule has 1 unspecified atom stereocenters. The zero-order chi connectivity index (χ0) is 16.7. The number of hydrogen-bond donors (Lipinski definition) is 0. The number of nitrogens with zero attached hydrogens (tertiary/aromatic N) is 2. The lowest BCUT2D eigenvalue weighted by Gasteiger charge is -2.31. The van der Waals surface area contributed by atoms with Crippen molar-refractivity contribution < 1.29 is 17.6 Å². The summed E-state index contributed by atoms with van der Waals surface area (Å²) in [6.45, 7) is 3.21. The Kier molecular flexibility index (Phi) is 3.83. The smallest absolute Gasteiger partial charge is 0.238 e. The van der Waals surface area contributed by atoms with Crippen LogP contribution in [0.5, 0.6) is 0 Å². The van der Waals surface area contributed by atoms with Gasteiger partial charge >= 0.3 is 0 Å². The van der Waals surface area contributed by atoms with Gasteiger partial charge in [-0.15, -0.1) is 10.2 Å². The topological polar surface area (TPSA) is 90.1 Å². The minimum Gasteiger partial charge on any atom is -0.424 e. The number of aryl methyl sites for hydroxylation is 1. The standard InChI is InChI=1S/C16H18N2O4S/c1-11-17-18-15(22-11)16(2,12-8-9-13(19)10-12)23(20,21)14-6-4-3-5-7-14/h3-7,12H,8-10H2,1-2H3/t12-,16?/m0/s1. The molecule has 2 aromatic rings. The van der Waals surface area contributed by atoms with E-state index in [1.165, 1.54) is 0 Å².